The first kappa shape index (κ1) is 12.6. The summed E-state index contributed by atoms with van der Waals surface area (Å²) in [5.41, 5.74) is 2.30. The van der Waals surface area contributed by atoms with E-state index < -0.39 is 0 Å². The molecule has 0 fully saturated rings. The van der Waals surface area contributed by atoms with Crippen LogP contribution in [-0.2, 0) is 13.0 Å². The van der Waals surface area contributed by atoms with E-state index in [4.69, 9.17) is 4.52 Å². The largest absolute Gasteiger partial charge is 0.376 e. The number of anilines is 1. The van der Waals surface area contributed by atoms with Gasteiger partial charge in [-0.1, -0.05) is 31.1 Å². The molecule has 0 amide bonds. The monoisotopic (exact) mass is 245 g/mol. The van der Waals surface area contributed by atoms with Crippen LogP contribution in [0.15, 0.2) is 28.8 Å². The van der Waals surface area contributed by atoms with E-state index in [1.807, 2.05) is 12.1 Å². The summed E-state index contributed by atoms with van der Waals surface area (Å²) in [6, 6.07) is 8.21. The van der Waals surface area contributed by atoms with Crippen molar-refractivity contribution in [2.24, 2.45) is 5.92 Å². The second-order valence-corrected chi connectivity index (χ2v) is 4.93. The maximum atomic E-state index is 5.19. The van der Waals surface area contributed by atoms with E-state index in [0.717, 1.165) is 17.9 Å². The van der Waals surface area contributed by atoms with E-state index in [-0.39, 0.29) is 0 Å². The Morgan fingerprint density at radius 1 is 1.33 bits per heavy atom. The molecule has 4 heteroatoms. The summed E-state index contributed by atoms with van der Waals surface area (Å²) in [5, 5.41) is 7.23. The average molecular weight is 245 g/mol. The van der Waals surface area contributed by atoms with Crippen LogP contribution in [0.25, 0.3) is 0 Å². The lowest BCUT2D eigenvalue weighted by atomic mass is 10.1. The standard InChI is InChI=1S/C14H19N3O/c1-10(2)7-13-16-14(18-17-13)9-15-12-6-4-5-11(3)8-12/h4-6,8,10,15H,7,9H2,1-3H3. The number of nitrogens with zero attached hydrogens (tertiary/aromatic N) is 2. The second kappa shape index (κ2) is 5.67. The van der Waals surface area contributed by atoms with Gasteiger partial charge in [-0.3, -0.25) is 0 Å². The fraction of sp³-hybridized carbons (Fsp3) is 0.429. The Bertz CT molecular complexity index is 505. The zero-order valence-corrected chi connectivity index (χ0v) is 11.1. The summed E-state index contributed by atoms with van der Waals surface area (Å²) in [5.74, 6) is 1.96. The Balaban J connectivity index is 1.92. The lowest BCUT2D eigenvalue weighted by molar-refractivity contribution is 0.375. The maximum Gasteiger partial charge on any atom is 0.245 e. The summed E-state index contributed by atoms with van der Waals surface area (Å²) >= 11 is 0. The van der Waals surface area contributed by atoms with Gasteiger partial charge in [-0.05, 0) is 30.5 Å². The number of nitrogens with one attached hydrogen (secondary N) is 1. The molecule has 4 nitrogen and oxygen atoms in total. The van der Waals surface area contributed by atoms with E-state index in [0.29, 0.717) is 18.4 Å². The molecule has 0 saturated heterocycles. The predicted octanol–water partition coefficient (Wildman–Crippen LogP) is 3.19. The van der Waals surface area contributed by atoms with Gasteiger partial charge in [-0.2, -0.15) is 4.98 Å². The van der Waals surface area contributed by atoms with Crippen molar-refractivity contribution < 1.29 is 4.52 Å². The van der Waals surface area contributed by atoms with Gasteiger partial charge in [0.05, 0.1) is 6.54 Å². The number of rotatable bonds is 5. The van der Waals surface area contributed by atoms with Crippen LogP contribution in [0.5, 0.6) is 0 Å². The molecule has 0 saturated carbocycles. The van der Waals surface area contributed by atoms with Gasteiger partial charge < -0.3 is 9.84 Å². The van der Waals surface area contributed by atoms with Gasteiger partial charge in [-0.15, -0.1) is 0 Å². The van der Waals surface area contributed by atoms with E-state index >= 15 is 0 Å². The van der Waals surface area contributed by atoms with Crippen molar-refractivity contribution in [1.29, 1.82) is 0 Å². The Morgan fingerprint density at radius 3 is 2.89 bits per heavy atom. The molecule has 0 aliphatic carbocycles. The average Bonchev–Trinajstić information content (AvgIpc) is 2.73. The van der Waals surface area contributed by atoms with E-state index in [1.165, 1.54) is 5.56 Å². The van der Waals surface area contributed by atoms with E-state index in [9.17, 15) is 0 Å². The molecule has 18 heavy (non-hydrogen) atoms. The zero-order chi connectivity index (χ0) is 13.0. The van der Waals surface area contributed by atoms with Gasteiger partial charge in [0, 0.05) is 12.1 Å². The molecular weight excluding hydrogens is 226 g/mol. The molecule has 1 aromatic carbocycles. The van der Waals surface area contributed by atoms with Gasteiger partial charge in [0.25, 0.3) is 0 Å². The smallest absolute Gasteiger partial charge is 0.245 e. The number of hydrogen-bond donors (Lipinski definition) is 1. The summed E-state index contributed by atoms with van der Waals surface area (Å²) in [6.45, 7) is 6.91. The SMILES string of the molecule is Cc1cccc(NCc2nc(CC(C)C)no2)c1. The molecule has 1 heterocycles. The van der Waals surface area contributed by atoms with Crippen molar-refractivity contribution in [2.45, 2.75) is 33.7 Å². The number of aromatic nitrogens is 2. The molecule has 0 aliphatic heterocycles. The highest BCUT2D eigenvalue weighted by Gasteiger charge is 2.07. The van der Waals surface area contributed by atoms with Crippen molar-refractivity contribution in [3.8, 4) is 0 Å². The minimum atomic E-state index is 0.542. The van der Waals surface area contributed by atoms with Crippen molar-refractivity contribution >= 4 is 5.69 Å². The Labute approximate surface area is 107 Å². The Kier molecular flexibility index (Phi) is 3.97. The third-order valence-corrected chi connectivity index (χ3v) is 2.56. The highest BCUT2D eigenvalue weighted by molar-refractivity contribution is 5.45. The van der Waals surface area contributed by atoms with Crippen LogP contribution in [0.4, 0.5) is 5.69 Å². The third kappa shape index (κ3) is 3.58. The quantitative estimate of drug-likeness (QED) is 0.879. The lowest BCUT2D eigenvalue weighted by Gasteiger charge is -2.03. The summed E-state index contributed by atoms with van der Waals surface area (Å²) < 4.78 is 5.19. The molecule has 0 bridgehead atoms. The molecular formula is C14H19N3O. The van der Waals surface area contributed by atoms with E-state index in [1.54, 1.807) is 0 Å². The van der Waals surface area contributed by atoms with Crippen LogP contribution in [0, 0.1) is 12.8 Å². The second-order valence-electron chi connectivity index (χ2n) is 4.93. The molecule has 0 atom stereocenters. The minimum Gasteiger partial charge on any atom is -0.376 e. The fourth-order valence-corrected chi connectivity index (χ4v) is 1.74. The molecule has 0 radical (unpaired) electrons. The first-order valence-corrected chi connectivity index (χ1v) is 6.25. The van der Waals surface area contributed by atoms with E-state index in [2.05, 4.69) is 48.4 Å². The molecule has 96 valence electrons. The molecule has 1 N–H and O–H groups in total. The third-order valence-electron chi connectivity index (χ3n) is 2.56. The van der Waals surface area contributed by atoms with Crippen LogP contribution in [-0.4, -0.2) is 10.1 Å². The highest BCUT2D eigenvalue weighted by Crippen LogP contribution is 2.11. The fourth-order valence-electron chi connectivity index (χ4n) is 1.74. The van der Waals surface area contributed by atoms with Gasteiger partial charge in [0.2, 0.25) is 5.89 Å². The number of benzene rings is 1. The number of hydrogen-bond acceptors (Lipinski definition) is 4. The summed E-state index contributed by atoms with van der Waals surface area (Å²) in [7, 11) is 0. The number of aryl methyl sites for hydroxylation is 1. The topological polar surface area (TPSA) is 51.0 Å². The highest BCUT2D eigenvalue weighted by atomic mass is 16.5. The first-order valence-electron chi connectivity index (χ1n) is 6.25. The molecule has 2 rings (SSSR count). The predicted molar refractivity (Wildman–Crippen MR) is 71.3 cm³/mol. The minimum absolute atomic E-state index is 0.542. The van der Waals surface area contributed by atoms with Crippen LogP contribution in [0.3, 0.4) is 0 Å². The van der Waals surface area contributed by atoms with Crippen molar-refractivity contribution in [2.75, 3.05) is 5.32 Å². The first-order chi connectivity index (χ1) is 8.63. The van der Waals surface area contributed by atoms with Gasteiger partial charge in [0.1, 0.15) is 0 Å². The van der Waals surface area contributed by atoms with Crippen LogP contribution in [0.2, 0.25) is 0 Å². The molecule has 0 aliphatic rings. The Hall–Kier alpha value is -1.84. The van der Waals surface area contributed by atoms with Crippen LogP contribution in [0.1, 0.15) is 31.1 Å². The Morgan fingerprint density at radius 2 is 2.17 bits per heavy atom. The van der Waals surface area contributed by atoms with Gasteiger partial charge in [0.15, 0.2) is 5.82 Å². The maximum absolute atomic E-state index is 5.19. The van der Waals surface area contributed by atoms with Gasteiger partial charge in [-0.25, -0.2) is 0 Å². The molecule has 0 spiro atoms. The zero-order valence-electron chi connectivity index (χ0n) is 11.1. The molecule has 2 aromatic rings. The lowest BCUT2D eigenvalue weighted by Crippen LogP contribution is -2.01. The normalized spacial score (nSPS) is 10.9. The molecule has 0 unspecified atom stereocenters. The van der Waals surface area contributed by atoms with Crippen molar-refractivity contribution in [1.82, 2.24) is 10.1 Å². The van der Waals surface area contributed by atoms with Crippen LogP contribution < -0.4 is 5.32 Å². The van der Waals surface area contributed by atoms with Crippen molar-refractivity contribution in [3.63, 3.8) is 0 Å². The molecule has 1 aromatic heterocycles. The van der Waals surface area contributed by atoms with Gasteiger partial charge >= 0.3 is 0 Å². The van der Waals surface area contributed by atoms with Crippen molar-refractivity contribution in [3.05, 3.63) is 41.5 Å². The summed E-state index contributed by atoms with van der Waals surface area (Å²) in [4.78, 5) is 4.35. The van der Waals surface area contributed by atoms with Crippen LogP contribution >= 0.6 is 0 Å². The summed E-state index contributed by atoms with van der Waals surface area (Å²) in [6.07, 6.45) is 0.855.